The summed E-state index contributed by atoms with van der Waals surface area (Å²) >= 11 is 0. The zero-order valence-electron chi connectivity index (χ0n) is 8.98. The average Bonchev–Trinajstić information content (AvgIpc) is 2.55. The second kappa shape index (κ2) is 3.38. The molecule has 0 aliphatic carbocycles. The molecule has 2 rings (SSSR count). The van der Waals surface area contributed by atoms with Crippen LogP contribution >= 0.6 is 0 Å². The van der Waals surface area contributed by atoms with Gasteiger partial charge in [-0.15, -0.1) is 0 Å². The first-order valence-electron chi connectivity index (χ1n) is 4.71. The van der Waals surface area contributed by atoms with Crippen LogP contribution in [0.4, 0.5) is 5.82 Å². The molecule has 80 valence electrons. The van der Waals surface area contributed by atoms with Gasteiger partial charge in [0.05, 0.1) is 7.11 Å². The van der Waals surface area contributed by atoms with Crippen molar-refractivity contribution in [1.82, 2.24) is 19.5 Å². The molecule has 2 aromatic rings. The van der Waals surface area contributed by atoms with E-state index in [1.807, 2.05) is 11.5 Å². The summed E-state index contributed by atoms with van der Waals surface area (Å²) in [5.41, 5.74) is 7.08. The van der Waals surface area contributed by atoms with E-state index in [9.17, 15) is 0 Å². The molecule has 0 aliphatic rings. The van der Waals surface area contributed by atoms with Gasteiger partial charge < -0.3 is 10.5 Å². The summed E-state index contributed by atoms with van der Waals surface area (Å²) < 4.78 is 7.01. The predicted molar refractivity (Wildman–Crippen MR) is 56.7 cm³/mol. The first-order valence-corrected chi connectivity index (χ1v) is 4.71. The molecular formula is C9H13N5O. The largest absolute Gasteiger partial charge is 0.468 e. The Kier molecular flexibility index (Phi) is 2.18. The van der Waals surface area contributed by atoms with E-state index in [-0.39, 0.29) is 0 Å². The minimum atomic E-state index is 0.392. The van der Waals surface area contributed by atoms with Crippen molar-refractivity contribution in [2.45, 2.75) is 20.4 Å². The van der Waals surface area contributed by atoms with E-state index >= 15 is 0 Å². The summed E-state index contributed by atoms with van der Waals surface area (Å²) in [6, 6.07) is 0.513. The minimum Gasteiger partial charge on any atom is -0.468 e. The molecule has 0 aromatic carbocycles. The topological polar surface area (TPSA) is 78.9 Å². The van der Waals surface area contributed by atoms with Crippen LogP contribution in [0.2, 0.25) is 0 Å². The molecule has 0 bridgehead atoms. The number of methoxy groups -OCH3 is 1. The molecule has 15 heavy (non-hydrogen) atoms. The van der Waals surface area contributed by atoms with Crippen LogP contribution in [-0.2, 0) is 6.54 Å². The Morgan fingerprint density at radius 3 is 2.67 bits per heavy atom. The number of rotatable bonds is 2. The summed E-state index contributed by atoms with van der Waals surface area (Å²) in [4.78, 5) is 12.6. The van der Waals surface area contributed by atoms with Crippen LogP contribution < -0.4 is 10.5 Å². The van der Waals surface area contributed by atoms with Crippen LogP contribution in [0.3, 0.4) is 0 Å². The molecule has 2 heterocycles. The Balaban J connectivity index is 2.82. The highest BCUT2D eigenvalue weighted by Crippen LogP contribution is 2.22. The Labute approximate surface area is 87.1 Å². The SMILES string of the molecule is CCn1c(OC)nc2c(N)nc(C)nc21. The number of nitrogens with two attached hydrogens (primary N) is 1. The van der Waals surface area contributed by atoms with Gasteiger partial charge in [0.15, 0.2) is 17.0 Å². The summed E-state index contributed by atoms with van der Waals surface area (Å²) in [6.45, 7) is 4.53. The molecule has 0 amide bonds. The molecular weight excluding hydrogens is 194 g/mol. The fourth-order valence-electron chi connectivity index (χ4n) is 1.56. The van der Waals surface area contributed by atoms with Gasteiger partial charge in [0.2, 0.25) is 0 Å². The van der Waals surface area contributed by atoms with Crippen molar-refractivity contribution in [3.8, 4) is 6.01 Å². The second-order valence-corrected chi connectivity index (χ2v) is 3.17. The molecule has 6 nitrogen and oxygen atoms in total. The maximum Gasteiger partial charge on any atom is 0.298 e. The van der Waals surface area contributed by atoms with Gasteiger partial charge in [-0.2, -0.15) is 4.98 Å². The van der Waals surface area contributed by atoms with Crippen molar-refractivity contribution in [1.29, 1.82) is 0 Å². The second-order valence-electron chi connectivity index (χ2n) is 3.17. The molecule has 0 radical (unpaired) electrons. The van der Waals surface area contributed by atoms with Crippen molar-refractivity contribution >= 4 is 17.0 Å². The molecule has 0 spiro atoms. The molecule has 0 aliphatic heterocycles. The Morgan fingerprint density at radius 1 is 1.33 bits per heavy atom. The summed E-state index contributed by atoms with van der Waals surface area (Å²) in [7, 11) is 1.57. The first kappa shape index (κ1) is 9.70. The minimum absolute atomic E-state index is 0.392. The third-order valence-corrected chi connectivity index (χ3v) is 2.20. The number of nitrogens with zero attached hydrogens (tertiary/aromatic N) is 4. The van der Waals surface area contributed by atoms with E-state index in [1.165, 1.54) is 0 Å². The molecule has 0 fully saturated rings. The Morgan fingerprint density at radius 2 is 2.07 bits per heavy atom. The number of aromatic nitrogens is 4. The summed E-state index contributed by atoms with van der Waals surface area (Å²) in [5, 5.41) is 0. The van der Waals surface area contributed by atoms with Crippen LogP contribution in [0.15, 0.2) is 0 Å². The maximum atomic E-state index is 5.77. The standard InChI is InChI=1S/C9H13N5O/c1-4-14-8-6(13-9(14)15-3)7(10)11-5(2)12-8/h4H2,1-3H3,(H2,10,11,12). The normalized spacial score (nSPS) is 10.9. The third kappa shape index (κ3) is 1.38. The van der Waals surface area contributed by atoms with E-state index in [1.54, 1.807) is 14.0 Å². The molecule has 0 atom stereocenters. The molecule has 0 saturated heterocycles. The van der Waals surface area contributed by atoms with Crippen LogP contribution in [0.25, 0.3) is 11.2 Å². The van der Waals surface area contributed by atoms with Gasteiger partial charge in [-0.25, -0.2) is 9.97 Å². The number of nitrogen functional groups attached to an aromatic ring is 1. The lowest BCUT2D eigenvalue weighted by atomic mass is 10.5. The number of ether oxygens (including phenoxy) is 1. The Bertz CT molecular complexity index is 505. The molecule has 2 aromatic heterocycles. The number of hydrogen-bond acceptors (Lipinski definition) is 5. The lowest BCUT2D eigenvalue weighted by Gasteiger charge is -2.02. The van der Waals surface area contributed by atoms with Crippen molar-refractivity contribution in [2.75, 3.05) is 12.8 Å². The fourth-order valence-corrected chi connectivity index (χ4v) is 1.56. The van der Waals surface area contributed by atoms with Gasteiger partial charge in [-0.05, 0) is 13.8 Å². The number of anilines is 1. The van der Waals surface area contributed by atoms with E-state index in [2.05, 4.69) is 15.0 Å². The summed E-state index contributed by atoms with van der Waals surface area (Å²) in [5.74, 6) is 1.03. The smallest absolute Gasteiger partial charge is 0.298 e. The monoisotopic (exact) mass is 207 g/mol. The fraction of sp³-hybridized carbons (Fsp3) is 0.444. The Hall–Kier alpha value is -1.85. The highest BCUT2D eigenvalue weighted by molar-refractivity contribution is 5.82. The van der Waals surface area contributed by atoms with Crippen molar-refractivity contribution in [3.63, 3.8) is 0 Å². The van der Waals surface area contributed by atoms with Gasteiger partial charge in [0.1, 0.15) is 5.82 Å². The van der Waals surface area contributed by atoms with Crippen LogP contribution in [0.1, 0.15) is 12.7 Å². The molecule has 2 N–H and O–H groups in total. The van der Waals surface area contributed by atoms with E-state index in [0.717, 1.165) is 12.2 Å². The molecule has 0 unspecified atom stereocenters. The quantitative estimate of drug-likeness (QED) is 0.785. The van der Waals surface area contributed by atoms with Crippen molar-refractivity contribution in [3.05, 3.63) is 5.82 Å². The maximum absolute atomic E-state index is 5.77. The van der Waals surface area contributed by atoms with Gasteiger partial charge in [-0.3, -0.25) is 4.57 Å². The lowest BCUT2D eigenvalue weighted by Crippen LogP contribution is -2.01. The van der Waals surface area contributed by atoms with Crippen molar-refractivity contribution in [2.24, 2.45) is 0 Å². The lowest BCUT2D eigenvalue weighted by molar-refractivity contribution is 0.362. The van der Waals surface area contributed by atoms with Gasteiger partial charge in [-0.1, -0.05) is 0 Å². The third-order valence-electron chi connectivity index (χ3n) is 2.20. The number of imidazole rings is 1. The van der Waals surface area contributed by atoms with E-state index < -0.39 is 0 Å². The molecule has 6 heteroatoms. The zero-order valence-corrected chi connectivity index (χ0v) is 8.98. The van der Waals surface area contributed by atoms with Crippen LogP contribution in [-0.4, -0.2) is 26.6 Å². The van der Waals surface area contributed by atoms with E-state index in [0.29, 0.717) is 23.2 Å². The van der Waals surface area contributed by atoms with Crippen LogP contribution in [0, 0.1) is 6.92 Å². The van der Waals surface area contributed by atoms with Crippen molar-refractivity contribution < 1.29 is 4.74 Å². The van der Waals surface area contributed by atoms with E-state index in [4.69, 9.17) is 10.5 Å². The molecule has 0 saturated carbocycles. The predicted octanol–water partition coefficient (Wildman–Crippen LogP) is 0.745. The van der Waals surface area contributed by atoms with Gasteiger partial charge in [0, 0.05) is 6.54 Å². The number of hydrogen-bond donors (Lipinski definition) is 1. The highest BCUT2D eigenvalue weighted by atomic mass is 16.5. The van der Waals surface area contributed by atoms with Crippen LogP contribution in [0.5, 0.6) is 6.01 Å². The zero-order chi connectivity index (χ0) is 11.0. The van der Waals surface area contributed by atoms with Gasteiger partial charge in [0.25, 0.3) is 6.01 Å². The summed E-state index contributed by atoms with van der Waals surface area (Å²) in [6.07, 6.45) is 0. The van der Waals surface area contributed by atoms with Gasteiger partial charge >= 0.3 is 0 Å². The first-order chi connectivity index (χ1) is 7.17. The average molecular weight is 207 g/mol. The highest BCUT2D eigenvalue weighted by Gasteiger charge is 2.14. The number of aryl methyl sites for hydroxylation is 2. The number of fused-ring (bicyclic) bond motifs is 1.